The predicted molar refractivity (Wildman–Crippen MR) is 135 cm³/mol. The monoisotopic (exact) mass is 493 g/mol. The van der Waals surface area contributed by atoms with Gasteiger partial charge in [-0.1, -0.05) is 22.7 Å². The maximum atomic E-state index is 15.1. The molecule has 1 saturated heterocycles. The van der Waals surface area contributed by atoms with Gasteiger partial charge in [0.1, 0.15) is 17.6 Å². The zero-order valence-electron chi connectivity index (χ0n) is 19.5. The second-order valence-corrected chi connectivity index (χ2v) is 9.45. The highest BCUT2D eigenvalue weighted by Gasteiger charge is 2.30. The average molecular weight is 494 g/mol. The summed E-state index contributed by atoms with van der Waals surface area (Å²) in [5, 5.41) is 21.3. The van der Waals surface area contributed by atoms with Crippen LogP contribution in [0.25, 0.3) is 22.2 Å². The molecule has 1 fully saturated rings. The number of piperidine rings is 1. The summed E-state index contributed by atoms with van der Waals surface area (Å²) in [6.45, 7) is 1.95. The number of halogens is 1. The Balaban J connectivity index is 1.18. The van der Waals surface area contributed by atoms with Crippen LogP contribution in [0.5, 0.6) is 5.75 Å². The summed E-state index contributed by atoms with van der Waals surface area (Å²) in [5.74, 6) is 0.712. The van der Waals surface area contributed by atoms with Crippen LogP contribution in [0.2, 0.25) is 0 Å². The number of aliphatic hydroxyl groups is 1. The molecule has 3 heterocycles. The normalized spacial score (nSPS) is 19.6. The summed E-state index contributed by atoms with van der Waals surface area (Å²) in [6, 6.07) is 15.3. The van der Waals surface area contributed by atoms with Gasteiger partial charge in [-0.25, -0.2) is 4.39 Å². The number of pyridine rings is 1. The number of ether oxygens (including phenoxy) is 1. The zero-order chi connectivity index (χ0) is 24.2. The Bertz CT molecular complexity index is 1270. The van der Waals surface area contributed by atoms with Crippen molar-refractivity contribution in [2.75, 3.05) is 26.7 Å². The van der Waals surface area contributed by atoms with E-state index in [9.17, 15) is 5.11 Å². The molecule has 182 valence electrons. The van der Waals surface area contributed by atoms with Crippen LogP contribution in [0.1, 0.15) is 23.7 Å². The second-order valence-electron chi connectivity index (χ2n) is 8.84. The number of likely N-dealkylation sites (tertiary alicyclic amines) is 1. The van der Waals surface area contributed by atoms with Crippen LogP contribution in [0.4, 0.5) is 4.39 Å². The van der Waals surface area contributed by atoms with Crippen molar-refractivity contribution in [1.82, 2.24) is 24.8 Å². The van der Waals surface area contributed by atoms with Crippen LogP contribution in [-0.2, 0) is 6.54 Å². The molecule has 0 spiro atoms. The molecule has 0 aliphatic carbocycles. The molecule has 0 radical (unpaired) electrons. The standard InChI is InChI=1S/C26H28FN5O2S/c1-34-19-5-6-23-21(12-19)20(7-9-28-23)26(33)15-32-10-8-24(22(27)14-32)29-13-17-3-2-4-18(11-17)25-16-35-31-30-25/h2-7,9,11-12,16,22,24,26,29,33H,8,10,13-15H2,1H3/t22-,24-,26+/m0/s1. The van der Waals surface area contributed by atoms with Gasteiger partial charge in [0.15, 0.2) is 0 Å². The topological polar surface area (TPSA) is 83.4 Å². The zero-order valence-corrected chi connectivity index (χ0v) is 20.3. The second kappa shape index (κ2) is 10.7. The van der Waals surface area contributed by atoms with Crippen LogP contribution in [-0.4, -0.2) is 63.5 Å². The van der Waals surface area contributed by atoms with E-state index in [1.54, 1.807) is 13.3 Å². The van der Waals surface area contributed by atoms with Gasteiger partial charge in [0.2, 0.25) is 0 Å². The fourth-order valence-electron chi connectivity index (χ4n) is 4.65. The van der Waals surface area contributed by atoms with E-state index in [4.69, 9.17) is 4.74 Å². The lowest BCUT2D eigenvalue weighted by atomic mass is 9.99. The number of β-amino-alcohol motifs (C(OH)–C–C–N with tert-alkyl or cyclic N) is 1. The molecule has 3 atom stereocenters. The Morgan fingerprint density at radius 2 is 2.17 bits per heavy atom. The van der Waals surface area contributed by atoms with Gasteiger partial charge in [-0.15, -0.1) is 5.10 Å². The SMILES string of the molecule is COc1ccc2nccc([C@H](O)CN3CC[C@H](NCc4cccc(-c5csnn5)c4)[C@@H](F)C3)c2c1. The molecule has 0 saturated carbocycles. The summed E-state index contributed by atoms with van der Waals surface area (Å²) in [7, 11) is 1.61. The molecule has 9 heteroatoms. The van der Waals surface area contributed by atoms with E-state index in [-0.39, 0.29) is 12.6 Å². The minimum Gasteiger partial charge on any atom is -0.497 e. The first-order valence-electron chi connectivity index (χ1n) is 11.7. The first-order chi connectivity index (χ1) is 17.1. The Hall–Kier alpha value is -2.98. The lowest BCUT2D eigenvalue weighted by molar-refractivity contribution is 0.0571. The number of aliphatic hydroxyl groups excluding tert-OH is 1. The van der Waals surface area contributed by atoms with Crippen molar-refractivity contribution in [3.05, 3.63) is 71.2 Å². The highest BCUT2D eigenvalue weighted by atomic mass is 32.1. The molecule has 5 rings (SSSR count). The van der Waals surface area contributed by atoms with E-state index in [2.05, 4.69) is 26.0 Å². The van der Waals surface area contributed by atoms with Gasteiger partial charge in [0.05, 0.1) is 18.7 Å². The van der Waals surface area contributed by atoms with Crippen LogP contribution in [0.3, 0.4) is 0 Å². The molecule has 1 aliphatic heterocycles. The number of alkyl halides is 1. The number of aromatic nitrogens is 3. The van der Waals surface area contributed by atoms with Gasteiger partial charge in [0, 0.05) is 48.2 Å². The third-order valence-electron chi connectivity index (χ3n) is 6.55. The molecule has 0 bridgehead atoms. The summed E-state index contributed by atoms with van der Waals surface area (Å²) >= 11 is 1.32. The maximum absolute atomic E-state index is 15.1. The number of rotatable bonds is 8. The molecule has 4 aromatic rings. The number of benzene rings is 2. The molecule has 2 N–H and O–H groups in total. The van der Waals surface area contributed by atoms with Gasteiger partial charge >= 0.3 is 0 Å². The fourth-order valence-corrected chi connectivity index (χ4v) is 5.12. The molecule has 0 unspecified atom stereocenters. The first kappa shape index (κ1) is 23.7. The Morgan fingerprint density at radius 1 is 1.26 bits per heavy atom. The average Bonchev–Trinajstić information content (AvgIpc) is 3.43. The number of hydrogen-bond acceptors (Lipinski definition) is 8. The summed E-state index contributed by atoms with van der Waals surface area (Å²) in [6.07, 6.45) is 0.610. The number of hydrogen-bond donors (Lipinski definition) is 2. The van der Waals surface area contributed by atoms with E-state index >= 15 is 4.39 Å². The molecule has 35 heavy (non-hydrogen) atoms. The van der Waals surface area contributed by atoms with Crippen molar-refractivity contribution < 1.29 is 14.2 Å². The van der Waals surface area contributed by atoms with E-state index < -0.39 is 12.3 Å². The van der Waals surface area contributed by atoms with E-state index in [0.717, 1.165) is 33.3 Å². The third kappa shape index (κ3) is 5.48. The molecular weight excluding hydrogens is 465 g/mol. The van der Waals surface area contributed by atoms with Gasteiger partial charge < -0.3 is 15.2 Å². The fraction of sp³-hybridized carbons (Fsp3) is 0.346. The van der Waals surface area contributed by atoms with Crippen molar-refractivity contribution in [3.63, 3.8) is 0 Å². The highest BCUT2D eigenvalue weighted by molar-refractivity contribution is 7.03. The van der Waals surface area contributed by atoms with Crippen molar-refractivity contribution in [1.29, 1.82) is 0 Å². The number of nitrogens with zero attached hydrogens (tertiary/aromatic N) is 4. The van der Waals surface area contributed by atoms with Gasteiger partial charge in [-0.05, 0) is 66.0 Å². The highest BCUT2D eigenvalue weighted by Crippen LogP contribution is 2.28. The van der Waals surface area contributed by atoms with Crippen LogP contribution in [0, 0.1) is 0 Å². The van der Waals surface area contributed by atoms with E-state index in [0.29, 0.717) is 31.8 Å². The number of nitrogens with one attached hydrogen (secondary N) is 1. The van der Waals surface area contributed by atoms with E-state index in [1.807, 2.05) is 52.7 Å². The quantitative estimate of drug-likeness (QED) is 0.384. The molecule has 2 aromatic heterocycles. The van der Waals surface area contributed by atoms with Crippen molar-refractivity contribution in [2.45, 2.75) is 31.3 Å². The van der Waals surface area contributed by atoms with E-state index in [1.165, 1.54) is 11.5 Å². The minimum atomic E-state index is -1.02. The smallest absolute Gasteiger partial charge is 0.128 e. The van der Waals surface area contributed by atoms with Crippen LogP contribution >= 0.6 is 11.5 Å². The lowest BCUT2D eigenvalue weighted by Gasteiger charge is -2.36. The number of methoxy groups -OCH3 is 1. The predicted octanol–water partition coefficient (Wildman–Crippen LogP) is 4.00. The third-order valence-corrected chi connectivity index (χ3v) is 7.05. The molecular formula is C26H28FN5O2S. The maximum Gasteiger partial charge on any atom is 0.128 e. The summed E-state index contributed by atoms with van der Waals surface area (Å²) in [4.78, 5) is 6.37. The van der Waals surface area contributed by atoms with Crippen molar-refractivity contribution in [2.24, 2.45) is 0 Å². The molecule has 2 aromatic carbocycles. The number of fused-ring (bicyclic) bond motifs is 1. The molecule has 7 nitrogen and oxygen atoms in total. The first-order valence-corrected chi connectivity index (χ1v) is 12.5. The molecule has 1 aliphatic rings. The van der Waals surface area contributed by atoms with Crippen molar-refractivity contribution >= 4 is 22.4 Å². The Morgan fingerprint density at radius 3 is 2.97 bits per heavy atom. The van der Waals surface area contributed by atoms with Crippen LogP contribution in [0.15, 0.2) is 60.1 Å². The summed E-state index contributed by atoms with van der Waals surface area (Å²) < 4.78 is 24.3. The summed E-state index contributed by atoms with van der Waals surface area (Å²) in [5.41, 5.74) is 4.52. The Labute approximate surface area is 207 Å². The molecule has 0 amide bonds. The van der Waals surface area contributed by atoms with Gasteiger partial charge in [-0.3, -0.25) is 9.88 Å². The lowest BCUT2D eigenvalue weighted by Crippen LogP contribution is -2.51. The van der Waals surface area contributed by atoms with Gasteiger partial charge in [-0.2, -0.15) is 0 Å². The minimum absolute atomic E-state index is 0.223. The van der Waals surface area contributed by atoms with Crippen LogP contribution < -0.4 is 10.1 Å². The largest absolute Gasteiger partial charge is 0.497 e. The Kier molecular flexibility index (Phi) is 7.29. The van der Waals surface area contributed by atoms with Gasteiger partial charge in [0.25, 0.3) is 0 Å². The van der Waals surface area contributed by atoms with Crippen molar-refractivity contribution in [3.8, 4) is 17.0 Å².